The molecule has 0 aliphatic carbocycles. The Labute approximate surface area is 211 Å². The minimum atomic E-state index is -0.108. The molecule has 0 bridgehead atoms. The molecule has 1 saturated heterocycles. The van der Waals surface area contributed by atoms with Crippen LogP contribution < -0.4 is 20.9 Å². The molecule has 0 radical (unpaired) electrons. The normalized spacial score (nSPS) is 15.8. The number of hydrogen-bond donors (Lipinski definition) is 3. The summed E-state index contributed by atoms with van der Waals surface area (Å²) >= 11 is 0. The molecule has 2 aromatic heterocycles. The van der Waals surface area contributed by atoms with E-state index in [9.17, 15) is 9.59 Å². The molecule has 1 aliphatic rings. The van der Waals surface area contributed by atoms with Gasteiger partial charge in [0.1, 0.15) is 5.82 Å². The number of rotatable bonds is 9. The highest BCUT2D eigenvalue weighted by Gasteiger charge is 2.25. The Hall–Kier alpha value is -4.05. The van der Waals surface area contributed by atoms with Crippen molar-refractivity contribution in [1.29, 1.82) is 0 Å². The van der Waals surface area contributed by atoms with Crippen LogP contribution in [0.2, 0.25) is 0 Å². The molecule has 0 saturated carbocycles. The van der Waals surface area contributed by atoms with Gasteiger partial charge in [-0.25, -0.2) is 9.97 Å². The van der Waals surface area contributed by atoms with Gasteiger partial charge in [-0.15, -0.1) is 0 Å². The second kappa shape index (κ2) is 12.1. The number of hydrogen-bond acceptors (Lipinski definition) is 8. The van der Waals surface area contributed by atoms with E-state index in [1.54, 1.807) is 18.5 Å². The van der Waals surface area contributed by atoms with Crippen molar-refractivity contribution in [2.75, 3.05) is 54.8 Å². The molecule has 3 heterocycles. The smallest absolute Gasteiger partial charge is 0.239 e. The first-order chi connectivity index (χ1) is 17.5. The highest BCUT2D eigenvalue weighted by Crippen LogP contribution is 2.25. The molecule has 10 heteroatoms. The van der Waals surface area contributed by atoms with Crippen LogP contribution in [0.3, 0.4) is 0 Å². The standard InChI is InChI=1S/C26H32N8O2/c1-19-17-34(21-6-5-10-27-16-21)15-14-33(19)18-25(36)31-24-9-11-30-26(32-24)22-7-3-4-8-23(22)29-13-12-28-20(2)35/h3-11,16,19,29H,12-15,17-18H2,1-2H3,(H,28,35)(H,30,31,32,36). The molecule has 0 spiro atoms. The topological polar surface area (TPSA) is 115 Å². The predicted molar refractivity (Wildman–Crippen MR) is 141 cm³/mol. The Kier molecular flexibility index (Phi) is 8.40. The van der Waals surface area contributed by atoms with Gasteiger partial charge in [0.2, 0.25) is 11.8 Å². The summed E-state index contributed by atoms with van der Waals surface area (Å²) in [6, 6.07) is 13.6. The Morgan fingerprint density at radius 2 is 1.92 bits per heavy atom. The van der Waals surface area contributed by atoms with Crippen molar-refractivity contribution >= 4 is 29.0 Å². The third-order valence-corrected chi connectivity index (χ3v) is 6.03. The predicted octanol–water partition coefficient (Wildman–Crippen LogP) is 2.24. The lowest BCUT2D eigenvalue weighted by atomic mass is 10.1. The van der Waals surface area contributed by atoms with E-state index in [0.29, 0.717) is 31.3 Å². The van der Waals surface area contributed by atoms with E-state index >= 15 is 0 Å². The van der Waals surface area contributed by atoms with Gasteiger partial charge in [-0.3, -0.25) is 19.5 Å². The van der Waals surface area contributed by atoms with Crippen LogP contribution in [0.25, 0.3) is 11.4 Å². The molecule has 3 aromatic rings. The molecule has 10 nitrogen and oxygen atoms in total. The number of nitrogens with zero attached hydrogens (tertiary/aromatic N) is 5. The third-order valence-electron chi connectivity index (χ3n) is 6.03. The Bertz CT molecular complexity index is 1170. The van der Waals surface area contributed by atoms with Crippen LogP contribution in [0.5, 0.6) is 0 Å². The number of aromatic nitrogens is 3. The van der Waals surface area contributed by atoms with E-state index < -0.39 is 0 Å². The monoisotopic (exact) mass is 488 g/mol. The quantitative estimate of drug-likeness (QED) is 0.393. The maximum Gasteiger partial charge on any atom is 0.239 e. The molecule has 2 amide bonds. The number of benzene rings is 1. The van der Waals surface area contributed by atoms with Crippen LogP contribution in [-0.4, -0.2) is 77.0 Å². The highest BCUT2D eigenvalue weighted by atomic mass is 16.2. The van der Waals surface area contributed by atoms with Crippen molar-refractivity contribution in [3.63, 3.8) is 0 Å². The molecule has 3 N–H and O–H groups in total. The number of piperazine rings is 1. The number of para-hydroxylation sites is 1. The van der Waals surface area contributed by atoms with E-state index in [4.69, 9.17) is 0 Å². The van der Waals surface area contributed by atoms with Crippen LogP contribution >= 0.6 is 0 Å². The molecule has 1 aliphatic heterocycles. The van der Waals surface area contributed by atoms with Gasteiger partial charge < -0.3 is 20.9 Å². The zero-order valence-electron chi connectivity index (χ0n) is 20.6. The summed E-state index contributed by atoms with van der Waals surface area (Å²) in [5, 5.41) is 8.99. The lowest BCUT2D eigenvalue weighted by Gasteiger charge is -2.40. The molecule has 1 fully saturated rings. The fraction of sp³-hybridized carbons (Fsp3) is 0.346. The van der Waals surface area contributed by atoms with E-state index in [1.165, 1.54) is 6.92 Å². The SMILES string of the molecule is CC(=O)NCCNc1ccccc1-c1nccc(NC(=O)CN2CCN(c3cccnc3)CC2C)n1. The Balaban J connectivity index is 1.35. The molecular weight excluding hydrogens is 456 g/mol. The summed E-state index contributed by atoms with van der Waals surface area (Å²) < 4.78 is 0. The maximum atomic E-state index is 12.8. The summed E-state index contributed by atoms with van der Waals surface area (Å²) in [5.74, 6) is 0.790. The van der Waals surface area contributed by atoms with Gasteiger partial charge in [-0.1, -0.05) is 12.1 Å². The maximum absolute atomic E-state index is 12.8. The summed E-state index contributed by atoms with van der Waals surface area (Å²) in [4.78, 5) is 41.6. The number of nitrogens with one attached hydrogen (secondary N) is 3. The van der Waals surface area contributed by atoms with Crippen LogP contribution in [0.15, 0.2) is 61.1 Å². The van der Waals surface area contributed by atoms with Crippen molar-refractivity contribution in [2.45, 2.75) is 19.9 Å². The minimum Gasteiger partial charge on any atom is -0.383 e. The largest absolute Gasteiger partial charge is 0.383 e. The summed E-state index contributed by atoms with van der Waals surface area (Å²) in [5.41, 5.74) is 2.77. The first kappa shape index (κ1) is 25.1. The average molecular weight is 489 g/mol. The van der Waals surface area contributed by atoms with Gasteiger partial charge in [0.05, 0.1) is 18.4 Å². The van der Waals surface area contributed by atoms with Crippen LogP contribution in [0.4, 0.5) is 17.2 Å². The molecule has 36 heavy (non-hydrogen) atoms. The van der Waals surface area contributed by atoms with Gasteiger partial charge in [-0.05, 0) is 37.3 Å². The Morgan fingerprint density at radius 1 is 1.06 bits per heavy atom. The molecule has 1 aromatic carbocycles. The first-order valence-corrected chi connectivity index (χ1v) is 12.1. The third kappa shape index (κ3) is 6.76. The fourth-order valence-electron chi connectivity index (χ4n) is 4.20. The molecule has 1 atom stereocenters. The van der Waals surface area contributed by atoms with E-state index in [0.717, 1.165) is 36.6 Å². The van der Waals surface area contributed by atoms with Gasteiger partial charge in [0.25, 0.3) is 0 Å². The van der Waals surface area contributed by atoms with E-state index in [-0.39, 0.29) is 17.9 Å². The zero-order chi connectivity index (χ0) is 25.3. The van der Waals surface area contributed by atoms with Crippen LogP contribution in [0.1, 0.15) is 13.8 Å². The summed E-state index contributed by atoms with van der Waals surface area (Å²) in [6.45, 7) is 7.46. The molecule has 4 rings (SSSR count). The number of anilines is 3. The fourth-order valence-corrected chi connectivity index (χ4v) is 4.20. The number of amides is 2. The first-order valence-electron chi connectivity index (χ1n) is 12.1. The molecule has 1 unspecified atom stereocenters. The highest BCUT2D eigenvalue weighted by molar-refractivity contribution is 5.91. The van der Waals surface area contributed by atoms with Gasteiger partial charge in [0, 0.05) is 69.3 Å². The van der Waals surface area contributed by atoms with Gasteiger partial charge in [-0.2, -0.15) is 0 Å². The Morgan fingerprint density at radius 3 is 2.69 bits per heavy atom. The van der Waals surface area contributed by atoms with Crippen LogP contribution in [-0.2, 0) is 9.59 Å². The number of carbonyl (C=O) groups is 2. The number of carbonyl (C=O) groups excluding carboxylic acids is 2. The second-order valence-corrected chi connectivity index (χ2v) is 8.75. The summed E-state index contributed by atoms with van der Waals surface area (Å²) in [6.07, 6.45) is 5.29. The van der Waals surface area contributed by atoms with E-state index in [2.05, 4.69) is 53.7 Å². The number of pyridine rings is 1. The lowest BCUT2D eigenvalue weighted by molar-refractivity contribution is -0.119. The zero-order valence-corrected chi connectivity index (χ0v) is 20.6. The molecular formula is C26H32N8O2. The van der Waals surface area contributed by atoms with Crippen molar-refractivity contribution in [2.24, 2.45) is 0 Å². The molecule has 188 valence electrons. The van der Waals surface area contributed by atoms with Crippen LogP contribution in [0, 0.1) is 0 Å². The van der Waals surface area contributed by atoms with Gasteiger partial charge >= 0.3 is 0 Å². The second-order valence-electron chi connectivity index (χ2n) is 8.75. The van der Waals surface area contributed by atoms with Crippen molar-refractivity contribution < 1.29 is 9.59 Å². The van der Waals surface area contributed by atoms with E-state index in [1.807, 2.05) is 36.5 Å². The lowest BCUT2D eigenvalue weighted by Crippen LogP contribution is -2.53. The minimum absolute atomic E-state index is 0.0679. The van der Waals surface area contributed by atoms with Crippen molar-refractivity contribution in [3.8, 4) is 11.4 Å². The summed E-state index contributed by atoms with van der Waals surface area (Å²) in [7, 11) is 0. The average Bonchev–Trinajstić information content (AvgIpc) is 2.88. The van der Waals surface area contributed by atoms with Gasteiger partial charge in [0.15, 0.2) is 5.82 Å². The van der Waals surface area contributed by atoms with Crippen molar-refractivity contribution in [3.05, 3.63) is 61.1 Å². The van der Waals surface area contributed by atoms with Crippen molar-refractivity contribution in [1.82, 2.24) is 25.2 Å².